The first-order valence-electron chi connectivity index (χ1n) is 10.7. The molecule has 1 nitrogen and oxygen atoms in total. The van der Waals surface area contributed by atoms with Crippen LogP contribution in [0.2, 0.25) is 0 Å². The second-order valence-corrected chi connectivity index (χ2v) is 13.5. The van der Waals surface area contributed by atoms with Crippen molar-refractivity contribution in [3.8, 4) is 0 Å². The second kappa shape index (κ2) is 12.4. The molecule has 0 heterocycles. The summed E-state index contributed by atoms with van der Waals surface area (Å²) in [6, 6.07) is 37.8. The van der Waals surface area contributed by atoms with Gasteiger partial charge in [-0.1, -0.05) is 77.7 Å². The topological polar surface area (TPSA) is 17.1 Å². The van der Waals surface area contributed by atoms with Gasteiger partial charge in [0.2, 0.25) is 0 Å². The molecule has 0 aromatic heterocycles. The molecule has 0 saturated carbocycles. The fourth-order valence-corrected chi connectivity index (χ4v) is 7.79. The van der Waals surface area contributed by atoms with Crippen molar-refractivity contribution in [2.45, 2.75) is 38.5 Å². The van der Waals surface area contributed by atoms with Crippen molar-refractivity contribution in [1.82, 2.24) is 0 Å². The Labute approximate surface area is 206 Å². The minimum Gasteiger partial charge on any atom is -0.748 e. The van der Waals surface area contributed by atoms with E-state index < -0.39 is 15.7 Å². The zero-order valence-electron chi connectivity index (χ0n) is 19.1. The van der Waals surface area contributed by atoms with E-state index >= 15 is 0 Å². The van der Waals surface area contributed by atoms with Gasteiger partial charge in [0.25, 0.3) is 0 Å². The Kier molecular flexibility index (Phi) is 10.3. The van der Waals surface area contributed by atoms with Crippen LogP contribution in [0, 0.1) is 0 Å². The third-order valence-electron chi connectivity index (χ3n) is 5.12. The van der Waals surface area contributed by atoms with Gasteiger partial charge in [-0.3, -0.25) is 0 Å². The summed E-state index contributed by atoms with van der Waals surface area (Å²) < 4.78 is 13.1. The maximum atomic E-state index is 13.1. The van der Waals surface area contributed by atoms with E-state index in [0.29, 0.717) is 5.66 Å². The van der Waals surface area contributed by atoms with Gasteiger partial charge >= 0.3 is 7.80 Å². The maximum absolute atomic E-state index is 13.1. The first-order valence-corrected chi connectivity index (χ1v) is 13.4. The van der Waals surface area contributed by atoms with Gasteiger partial charge in [-0.2, -0.15) is 12.1 Å². The summed E-state index contributed by atoms with van der Waals surface area (Å²) in [5.74, 6) is 0. The van der Waals surface area contributed by atoms with Gasteiger partial charge < -0.3 is 30.3 Å². The minimum absolute atomic E-state index is 0. The Balaban J connectivity index is 0.000000534. The third-order valence-corrected chi connectivity index (χ3v) is 9.94. The van der Waals surface area contributed by atoms with Crippen LogP contribution in [0.25, 0.3) is 0 Å². The van der Waals surface area contributed by atoms with Crippen molar-refractivity contribution in [1.29, 1.82) is 0 Å². The van der Waals surface area contributed by atoms with E-state index in [4.69, 9.17) is 0 Å². The number of rotatable bonds is 5. The zero-order valence-corrected chi connectivity index (χ0v) is 22.0. The molecule has 0 radical (unpaired) electrons. The standard InChI is InChI=1S/C23H26OP2.C5H5.Fe/c1-18(21-16-11-17-22(21)26(24)23(2,3)4)25(19-12-7-5-8-13-19)20-14-9-6-10-15-20;1-2-4-5-3-1;/h5-18H,1-4H3;1-5H;/q;-5;/t18-;;/m1../s1. The fourth-order valence-electron chi connectivity index (χ4n) is 3.56. The Bertz CT molecular complexity index is 991. The van der Waals surface area contributed by atoms with Crippen LogP contribution in [0.4, 0.5) is 0 Å². The summed E-state index contributed by atoms with van der Waals surface area (Å²) in [5.41, 5.74) is 1.54. The van der Waals surface area contributed by atoms with Crippen LogP contribution in [0.1, 0.15) is 38.9 Å². The van der Waals surface area contributed by atoms with E-state index in [9.17, 15) is 4.57 Å². The molecule has 0 bridgehead atoms. The SMILES string of the molecule is C[C@H]([c-]1cccc1[P+](=O)C(C)(C)C)P(c1ccccc1)c1ccccc1.[Fe].[cH-]1[cH-][cH-][cH-][cH-]1. The molecular weight excluding hydrogens is 470 g/mol. The van der Waals surface area contributed by atoms with E-state index in [-0.39, 0.29) is 22.2 Å². The molecule has 4 rings (SSSR count). The zero-order chi connectivity index (χ0) is 22.3. The van der Waals surface area contributed by atoms with Gasteiger partial charge in [0, 0.05) is 17.1 Å². The molecule has 4 aromatic rings. The van der Waals surface area contributed by atoms with E-state index in [0.717, 1.165) is 5.30 Å². The fraction of sp³-hybridized carbons (Fsp3) is 0.214. The van der Waals surface area contributed by atoms with E-state index in [1.165, 1.54) is 16.2 Å². The number of hydrogen-bond acceptors (Lipinski definition) is 1. The summed E-state index contributed by atoms with van der Waals surface area (Å²) in [7, 11) is -2.00. The van der Waals surface area contributed by atoms with Crippen molar-refractivity contribution in [2.75, 3.05) is 0 Å². The molecule has 32 heavy (non-hydrogen) atoms. The smallest absolute Gasteiger partial charge is 0.355 e. The van der Waals surface area contributed by atoms with Gasteiger partial charge in [-0.25, -0.2) is 6.07 Å². The molecule has 4 heteroatoms. The largest absolute Gasteiger partial charge is 0.748 e. The summed E-state index contributed by atoms with van der Waals surface area (Å²) in [4.78, 5) is 0. The average molecular weight is 501 g/mol. The molecule has 0 amide bonds. The van der Waals surface area contributed by atoms with Crippen LogP contribution in [0.5, 0.6) is 0 Å². The molecule has 172 valence electrons. The molecule has 4 aromatic carbocycles. The quantitative estimate of drug-likeness (QED) is 0.160. The predicted molar refractivity (Wildman–Crippen MR) is 139 cm³/mol. The van der Waals surface area contributed by atoms with Crippen LogP contribution >= 0.6 is 15.7 Å². The van der Waals surface area contributed by atoms with Crippen molar-refractivity contribution in [3.63, 3.8) is 0 Å². The van der Waals surface area contributed by atoms with Crippen molar-refractivity contribution >= 4 is 31.6 Å². The molecule has 0 aliphatic carbocycles. The van der Waals surface area contributed by atoms with E-state index in [2.05, 4.69) is 107 Å². The molecule has 0 aliphatic rings. The van der Waals surface area contributed by atoms with Gasteiger partial charge in [0.05, 0.1) is 5.30 Å². The molecule has 0 aliphatic heterocycles. The van der Waals surface area contributed by atoms with Crippen molar-refractivity contribution < 1.29 is 21.6 Å². The molecule has 1 unspecified atom stereocenters. The summed E-state index contributed by atoms with van der Waals surface area (Å²) in [6.45, 7) is 8.47. The van der Waals surface area contributed by atoms with Crippen LogP contribution in [-0.4, -0.2) is 5.16 Å². The predicted octanol–water partition coefficient (Wildman–Crippen LogP) is 7.25. The second-order valence-electron chi connectivity index (χ2n) is 8.51. The minimum atomic E-state index is -1.44. The molecular formula is C28H31FeOP2-5. The molecule has 0 spiro atoms. The number of hydrogen-bond donors (Lipinski definition) is 0. The molecule has 0 saturated heterocycles. The van der Waals surface area contributed by atoms with Crippen molar-refractivity contribution in [2.24, 2.45) is 0 Å². The van der Waals surface area contributed by atoms with Gasteiger partial charge in [-0.05, 0) is 45.0 Å². The average Bonchev–Trinajstić information content (AvgIpc) is 3.49. The Morgan fingerprint density at radius 2 is 1.22 bits per heavy atom. The Morgan fingerprint density at radius 3 is 1.62 bits per heavy atom. The molecule has 0 N–H and O–H groups in total. The molecule has 0 fully saturated rings. The van der Waals surface area contributed by atoms with E-state index in [1.54, 1.807) is 0 Å². The Morgan fingerprint density at radius 1 is 0.781 bits per heavy atom. The third kappa shape index (κ3) is 6.84. The van der Waals surface area contributed by atoms with Crippen LogP contribution in [0.15, 0.2) is 109 Å². The summed E-state index contributed by atoms with van der Waals surface area (Å²) >= 11 is 0. The normalized spacial score (nSPS) is 12.3. The van der Waals surface area contributed by atoms with Gasteiger partial charge in [0.15, 0.2) is 5.16 Å². The van der Waals surface area contributed by atoms with E-state index in [1.807, 2.05) is 30.3 Å². The van der Waals surface area contributed by atoms with Crippen LogP contribution < -0.4 is 15.9 Å². The monoisotopic (exact) mass is 501 g/mol. The first kappa shape index (κ1) is 26.4. The number of benzene rings is 2. The van der Waals surface area contributed by atoms with Crippen molar-refractivity contribution in [3.05, 3.63) is 115 Å². The summed E-state index contributed by atoms with van der Waals surface area (Å²) in [5, 5.41) is 3.53. The first-order chi connectivity index (χ1) is 14.9. The van der Waals surface area contributed by atoms with Gasteiger partial charge in [0.1, 0.15) is 0 Å². The maximum Gasteiger partial charge on any atom is 0.355 e. The molecule has 2 atom stereocenters. The van der Waals surface area contributed by atoms with Gasteiger partial charge in [-0.15, -0.1) is 0 Å². The van der Waals surface area contributed by atoms with Crippen LogP contribution in [-0.2, 0) is 21.6 Å². The van der Waals surface area contributed by atoms with Crippen LogP contribution in [0.3, 0.4) is 0 Å². The Hall–Kier alpha value is -1.81. The summed E-state index contributed by atoms with van der Waals surface area (Å²) in [6.07, 6.45) is 0.